The third-order valence-electron chi connectivity index (χ3n) is 14.0. The van der Waals surface area contributed by atoms with Gasteiger partial charge in [-0.15, -0.1) is 11.8 Å². The minimum absolute atomic E-state index is 0.0164. The Bertz CT molecular complexity index is 2840. The van der Waals surface area contributed by atoms with Crippen molar-refractivity contribution < 1.29 is 23.1 Å². The van der Waals surface area contributed by atoms with Gasteiger partial charge in [0, 0.05) is 122 Å². The average molecular weight is 1000 g/mol. The van der Waals surface area contributed by atoms with E-state index in [0.29, 0.717) is 42.6 Å². The molecule has 3 saturated heterocycles. The second-order valence-corrected chi connectivity index (χ2v) is 21.8. The minimum atomic E-state index is -3.85. The van der Waals surface area contributed by atoms with Crippen molar-refractivity contribution in [3.05, 3.63) is 143 Å². The number of ether oxygens (including phenoxy) is 1. The number of aromatic nitrogens is 1. The molecule has 4 heterocycles. The molecule has 9 rings (SSSR count). The molecule has 12 nitrogen and oxygen atoms in total. The number of sulfonamides is 1. The number of rotatable bonds is 16. The first kappa shape index (κ1) is 49.5. The number of aliphatic hydroxyl groups is 1. The van der Waals surface area contributed by atoms with Gasteiger partial charge in [0.05, 0.1) is 35.5 Å². The molecule has 0 radical (unpaired) electrons. The van der Waals surface area contributed by atoms with E-state index in [0.717, 1.165) is 122 Å². The zero-order chi connectivity index (χ0) is 48.8. The van der Waals surface area contributed by atoms with Gasteiger partial charge in [0.2, 0.25) is 0 Å². The molecule has 1 aromatic heterocycles. The number of likely N-dealkylation sites (tertiary alicyclic amines) is 1. The molecule has 0 aliphatic carbocycles. The molecule has 368 valence electrons. The van der Waals surface area contributed by atoms with Crippen LogP contribution in [-0.4, -0.2) is 124 Å². The van der Waals surface area contributed by atoms with Crippen LogP contribution in [0.15, 0.2) is 131 Å². The first-order valence-electron chi connectivity index (χ1n) is 24.4. The number of halogens is 1. The maximum atomic E-state index is 14.3. The SMILES string of the molecule is Cc1cc(S(=O)(=O)Nc2ccc(N3CCN(c4cccc(-c5c(C(=O)N6CCOCC6)c(C)n(C)c5-c5ccc(Cl)cc5)c4)CC3)cc2)ccc1N[C@H](CCN1CCC(O)CC1)CSc1ccccc1. The van der Waals surface area contributed by atoms with Crippen LogP contribution in [0.1, 0.15) is 40.9 Å². The molecule has 0 bridgehead atoms. The van der Waals surface area contributed by atoms with Crippen LogP contribution in [0.4, 0.5) is 22.7 Å². The lowest BCUT2D eigenvalue weighted by Gasteiger charge is -2.37. The predicted octanol–water partition coefficient (Wildman–Crippen LogP) is 9.65. The van der Waals surface area contributed by atoms with Gasteiger partial charge in [0.25, 0.3) is 15.9 Å². The second kappa shape index (κ2) is 22.3. The van der Waals surface area contributed by atoms with E-state index in [1.165, 1.54) is 4.90 Å². The Balaban J connectivity index is 0.841. The third kappa shape index (κ3) is 11.6. The fraction of sp³-hybridized carbons (Fsp3) is 0.364. The monoisotopic (exact) mass is 1000 g/mol. The Hall–Kier alpha value is -5.48. The number of carbonyl (C=O) groups is 1. The lowest BCUT2D eigenvalue weighted by molar-refractivity contribution is 0.0303. The van der Waals surface area contributed by atoms with Crippen molar-refractivity contribution >= 4 is 62.0 Å². The minimum Gasteiger partial charge on any atom is -0.393 e. The summed E-state index contributed by atoms with van der Waals surface area (Å²) in [6.45, 7) is 12.0. The number of anilines is 4. The molecular formula is C55H64ClN7O5S2. The van der Waals surface area contributed by atoms with Crippen LogP contribution >= 0.6 is 23.4 Å². The number of aliphatic hydroxyl groups excluding tert-OH is 1. The molecule has 0 unspecified atom stereocenters. The van der Waals surface area contributed by atoms with Crippen LogP contribution in [0.3, 0.4) is 0 Å². The van der Waals surface area contributed by atoms with Gasteiger partial charge in [-0.1, -0.05) is 54.1 Å². The van der Waals surface area contributed by atoms with Gasteiger partial charge in [-0.3, -0.25) is 9.52 Å². The molecule has 15 heteroatoms. The smallest absolute Gasteiger partial charge is 0.261 e. The van der Waals surface area contributed by atoms with Crippen LogP contribution in [-0.2, 0) is 21.8 Å². The van der Waals surface area contributed by atoms with Crippen molar-refractivity contribution in [3.8, 4) is 22.4 Å². The summed E-state index contributed by atoms with van der Waals surface area (Å²) in [5, 5.41) is 14.4. The molecule has 0 saturated carbocycles. The zero-order valence-corrected chi connectivity index (χ0v) is 42.7. The molecule has 1 atom stereocenters. The maximum absolute atomic E-state index is 14.3. The summed E-state index contributed by atoms with van der Waals surface area (Å²) in [7, 11) is -1.83. The number of nitrogens with one attached hydrogen (secondary N) is 2. The fourth-order valence-corrected chi connectivity index (χ4v) is 12.1. The van der Waals surface area contributed by atoms with Gasteiger partial charge >= 0.3 is 0 Å². The molecule has 6 aromatic rings. The topological polar surface area (TPSA) is 123 Å². The molecule has 3 N–H and O–H groups in total. The number of morpholine rings is 1. The maximum Gasteiger partial charge on any atom is 0.261 e. The van der Waals surface area contributed by atoms with E-state index in [1.54, 1.807) is 12.1 Å². The molecule has 3 fully saturated rings. The number of hydrogen-bond acceptors (Lipinski definition) is 10. The Kier molecular flexibility index (Phi) is 15.8. The van der Waals surface area contributed by atoms with Crippen LogP contribution in [0, 0.1) is 13.8 Å². The first-order valence-corrected chi connectivity index (χ1v) is 27.3. The van der Waals surface area contributed by atoms with Gasteiger partial charge in [0.15, 0.2) is 0 Å². The van der Waals surface area contributed by atoms with Gasteiger partial charge in [-0.05, 0) is 129 Å². The van der Waals surface area contributed by atoms with Crippen LogP contribution in [0.5, 0.6) is 0 Å². The van der Waals surface area contributed by atoms with E-state index in [9.17, 15) is 18.3 Å². The highest BCUT2D eigenvalue weighted by Gasteiger charge is 2.30. The fourth-order valence-electron chi connectivity index (χ4n) is 9.83. The molecule has 5 aromatic carbocycles. The molecule has 1 amide bonds. The Morgan fingerprint density at radius 1 is 0.786 bits per heavy atom. The lowest BCUT2D eigenvalue weighted by atomic mass is 9.95. The van der Waals surface area contributed by atoms with E-state index in [2.05, 4.69) is 77.8 Å². The molecule has 3 aliphatic heterocycles. The lowest BCUT2D eigenvalue weighted by Crippen LogP contribution is -2.46. The first-order chi connectivity index (χ1) is 33.9. The van der Waals surface area contributed by atoms with Crippen LogP contribution < -0.4 is 19.8 Å². The largest absolute Gasteiger partial charge is 0.393 e. The summed E-state index contributed by atoms with van der Waals surface area (Å²) in [6.07, 6.45) is 2.35. The number of amides is 1. The standard InChI is InChI=1S/C55H64ClN7O5S2/c1-39-36-50(20-21-51(39)57-45(38-69-49-10-5-4-6-11-49)22-25-60-26-23-48(64)24-27-60)70(66,67)58-44-16-18-46(19-17-44)61-28-30-62(31-29-61)47-9-7-8-42(37-47)53-52(55(65)63-32-34-68-35-33-63)40(2)59(3)54(53)41-12-14-43(56)15-13-41/h4-21,36-37,45,48,57-58,64H,22-35,38H2,1-3H3/t45-/m1/s1. The summed E-state index contributed by atoms with van der Waals surface area (Å²) >= 11 is 8.15. The van der Waals surface area contributed by atoms with Gasteiger partial charge in [0.1, 0.15) is 0 Å². The van der Waals surface area contributed by atoms with E-state index < -0.39 is 10.0 Å². The number of piperidine rings is 1. The Morgan fingerprint density at radius 2 is 1.47 bits per heavy atom. The summed E-state index contributed by atoms with van der Waals surface area (Å²) < 4.78 is 38.0. The normalized spacial score (nSPS) is 16.6. The molecule has 0 spiro atoms. The number of benzene rings is 5. The predicted molar refractivity (Wildman–Crippen MR) is 286 cm³/mol. The van der Waals surface area contributed by atoms with Crippen molar-refractivity contribution in [1.29, 1.82) is 0 Å². The average Bonchev–Trinajstić information content (AvgIpc) is 3.65. The van der Waals surface area contributed by atoms with Crippen LogP contribution in [0.25, 0.3) is 22.4 Å². The second-order valence-electron chi connectivity index (χ2n) is 18.6. The highest BCUT2D eigenvalue weighted by molar-refractivity contribution is 7.99. The third-order valence-corrected chi connectivity index (χ3v) is 16.8. The Morgan fingerprint density at radius 3 is 2.16 bits per heavy atom. The van der Waals surface area contributed by atoms with Gasteiger partial charge in [-0.2, -0.15) is 0 Å². The highest BCUT2D eigenvalue weighted by atomic mass is 35.5. The summed E-state index contributed by atoms with van der Waals surface area (Å²) in [6, 6.07) is 39.8. The zero-order valence-electron chi connectivity index (χ0n) is 40.3. The number of aryl methyl sites for hydroxylation is 1. The Labute approximate surface area is 422 Å². The van der Waals surface area contributed by atoms with Crippen LogP contribution in [0.2, 0.25) is 5.02 Å². The number of nitrogens with zero attached hydrogens (tertiary/aromatic N) is 5. The van der Waals surface area contributed by atoms with E-state index >= 15 is 0 Å². The summed E-state index contributed by atoms with van der Waals surface area (Å²) in [5.74, 6) is 0.881. The number of piperazine rings is 1. The quantitative estimate of drug-likeness (QED) is 0.0809. The summed E-state index contributed by atoms with van der Waals surface area (Å²) in [4.78, 5) is 24.8. The van der Waals surface area contributed by atoms with Gasteiger partial charge in [-0.25, -0.2) is 8.42 Å². The molecule has 70 heavy (non-hydrogen) atoms. The summed E-state index contributed by atoms with van der Waals surface area (Å²) in [5.41, 5.74) is 9.88. The number of hydrogen-bond donors (Lipinski definition) is 3. The van der Waals surface area contributed by atoms with E-state index in [4.69, 9.17) is 16.3 Å². The highest BCUT2D eigenvalue weighted by Crippen LogP contribution is 2.41. The molecule has 3 aliphatic rings. The van der Waals surface area contributed by atoms with Crippen molar-refractivity contribution in [2.24, 2.45) is 7.05 Å². The molecular weight excluding hydrogens is 938 g/mol. The van der Waals surface area contributed by atoms with Gasteiger partial charge < -0.3 is 39.3 Å². The van der Waals surface area contributed by atoms with Crippen molar-refractivity contribution in [2.75, 3.05) is 97.7 Å². The van der Waals surface area contributed by atoms with E-state index in [1.807, 2.05) is 98.2 Å². The van der Waals surface area contributed by atoms with Crippen molar-refractivity contribution in [1.82, 2.24) is 14.4 Å². The van der Waals surface area contributed by atoms with E-state index in [-0.39, 0.29) is 22.9 Å². The van der Waals surface area contributed by atoms with Crippen molar-refractivity contribution in [2.45, 2.75) is 55.0 Å². The number of carbonyl (C=O) groups excluding carboxylic acids is 1. The van der Waals surface area contributed by atoms with Crippen molar-refractivity contribution in [3.63, 3.8) is 0 Å². The number of thioether (sulfide) groups is 1.